The first kappa shape index (κ1) is 19.3. The highest BCUT2D eigenvalue weighted by Gasteiger charge is 2.39. The number of hydrogen-bond donors (Lipinski definition) is 2. The van der Waals surface area contributed by atoms with Gasteiger partial charge in [-0.05, 0) is 35.7 Å². The molecule has 3 N–H and O–H groups in total. The number of pyridine rings is 1. The summed E-state index contributed by atoms with van der Waals surface area (Å²) in [6.07, 6.45) is 2.29. The summed E-state index contributed by atoms with van der Waals surface area (Å²) in [6.45, 7) is 0.255. The van der Waals surface area contributed by atoms with E-state index in [2.05, 4.69) is 22.1 Å². The minimum atomic E-state index is -0.670. The van der Waals surface area contributed by atoms with Gasteiger partial charge in [0.2, 0.25) is 11.8 Å². The van der Waals surface area contributed by atoms with Gasteiger partial charge in [0.1, 0.15) is 11.7 Å². The molecule has 30 heavy (non-hydrogen) atoms. The molecule has 0 bridgehead atoms. The number of nitrogens with one attached hydrogen (secondary N) is 1. The van der Waals surface area contributed by atoms with Crippen molar-refractivity contribution < 1.29 is 19.2 Å². The molecule has 4 amide bonds. The maximum absolute atomic E-state index is 12.8. The van der Waals surface area contributed by atoms with Gasteiger partial charge in [-0.15, -0.1) is 0 Å². The Hall–Kier alpha value is -3.99. The van der Waals surface area contributed by atoms with Crippen LogP contribution in [0.15, 0.2) is 36.5 Å². The standard InChI is InChI=1S/C22H18N4O4/c23-20(28)19-14(7-3-11-24-19)6-1-4-13-5-2-8-15-16(13)12-26(22(15)30)17-9-10-18(27)25-21(17)29/h2-3,5,7-8,11,17H,6,9-10,12H2,(H2,23,28)(H,25,27,29). The Balaban J connectivity index is 1.57. The third kappa shape index (κ3) is 3.53. The third-order valence-electron chi connectivity index (χ3n) is 5.21. The zero-order valence-electron chi connectivity index (χ0n) is 16.0. The summed E-state index contributed by atoms with van der Waals surface area (Å²) in [4.78, 5) is 53.4. The van der Waals surface area contributed by atoms with Crippen molar-refractivity contribution in [3.8, 4) is 11.8 Å². The summed E-state index contributed by atoms with van der Waals surface area (Å²) in [7, 11) is 0. The minimum Gasteiger partial charge on any atom is -0.364 e. The SMILES string of the molecule is NC(=O)c1ncccc1CC#Cc1cccc2c1CN(C1CCC(=O)NC1=O)C2=O. The lowest BCUT2D eigenvalue weighted by Crippen LogP contribution is -2.52. The second-order valence-electron chi connectivity index (χ2n) is 7.09. The molecule has 4 rings (SSSR count). The third-order valence-corrected chi connectivity index (χ3v) is 5.21. The Morgan fingerprint density at radius 1 is 1.23 bits per heavy atom. The summed E-state index contributed by atoms with van der Waals surface area (Å²) in [5.41, 5.74) is 8.10. The quantitative estimate of drug-likeness (QED) is 0.573. The van der Waals surface area contributed by atoms with Gasteiger partial charge in [-0.1, -0.05) is 24.0 Å². The van der Waals surface area contributed by atoms with Crippen LogP contribution >= 0.6 is 0 Å². The lowest BCUT2D eigenvalue weighted by atomic mass is 10.0. The number of carbonyl (C=O) groups is 4. The van der Waals surface area contributed by atoms with Crippen molar-refractivity contribution in [2.45, 2.75) is 31.8 Å². The normalized spacial score (nSPS) is 17.8. The van der Waals surface area contributed by atoms with E-state index in [-0.39, 0.29) is 36.9 Å². The van der Waals surface area contributed by atoms with Crippen LogP contribution < -0.4 is 11.1 Å². The molecule has 1 aromatic carbocycles. The molecule has 1 saturated heterocycles. The number of amides is 4. The van der Waals surface area contributed by atoms with E-state index < -0.39 is 17.9 Å². The van der Waals surface area contributed by atoms with Gasteiger partial charge in [0, 0.05) is 36.7 Å². The second kappa shape index (κ2) is 7.79. The molecule has 8 heteroatoms. The summed E-state index contributed by atoms with van der Waals surface area (Å²) >= 11 is 0. The Morgan fingerprint density at radius 2 is 2.07 bits per heavy atom. The molecule has 150 valence electrons. The number of piperidine rings is 1. The Kier molecular flexibility index (Phi) is 5.02. The Morgan fingerprint density at radius 3 is 2.83 bits per heavy atom. The van der Waals surface area contributed by atoms with Gasteiger partial charge in [0.15, 0.2) is 0 Å². The smallest absolute Gasteiger partial charge is 0.267 e. The van der Waals surface area contributed by atoms with Crippen LogP contribution in [-0.4, -0.2) is 39.6 Å². The number of nitrogens with two attached hydrogens (primary N) is 1. The fraction of sp³-hybridized carbons (Fsp3) is 0.227. The molecular weight excluding hydrogens is 384 g/mol. The van der Waals surface area contributed by atoms with Crippen molar-refractivity contribution in [2.24, 2.45) is 5.73 Å². The highest BCUT2D eigenvalue weighted by Crippen LogP contribution is 2.29. The summed E-state index contributed by atoms with van der Waals surface area (Å²) in [6, 6.07) is 8.04. The number of rotatable bonds is 3. The molecular formula is C22H18N4O4. The molecule has 2 aromatic rings. The average Bonchev–Trinajstić information content (AvgIpc) is 3.06. The van der Waals surface area contributed by atoms with E-state index in [4.69, 9.17) is 5.73 Å². The Labute approximate surface area is 172 Å². The van der Waals surface area contributed by atoms with Gasteiger partial charge in [0.25, 0.3) is 11.8 Å². The first-order valence-corrected chi connectivity index (χ1v) is 9.45. The number of primary amides is 1. The molecule has 8 nitrogen and oxygen atoms in total. The zero-order chi connectivity index (χ0) is 21.3. The molecule has 0 radical (unpaired) electrons. The monoisotopic (exact) mass is 402 g/mol. The molecule has 1 unspecified atom stereocenters. The maximum Gasteiger partial charge on any atom is 0.267 e. The van der Waals surface area contributed by atoms with Gasteiger partial charge >= 0.3 is 0 Å². The van der Waals surface area contributed by atoms with Crippen LogP contribution in [0, 0.1) is 11.8 Å². The van der Waals surface area contributed by atoms with Crippen LogP contribution in [-0.2, 0) is 22.6 Å². The number of benzene rings is 1. The van der Waals surface area contributed by atoms with E-state index in [9.17, 15) is 19.2 Å². The minimum absolute atomic E-state index is 0.185. The van der Waals surface area contributed by atoms with Gasteiger partial charge < -0.3 is 10.6 Å². The van der Waals surface area contributed by atoms with Crippen molar-refractivity contribution in [3.05, 3.63) is 64.5 Å². The van der Waals surface area contributed by atoms with E-state index >= 15 is 0 Å². The molecule has 1 atom stereocenters. The predicted octanol–water partition coefficient (Wildman–Crippen LogP) is 0.536. The fourth-order valence-electron chi connectivity index (χ4n) is 3.74. The average molecular weight is 402 g/mol. The number of imide groups is 1. The molecule has 2 aliphatic heterocycles. The number of nitrogens with zero attached hydrogens (tertiary/aromatic N) is 2. The lowest BCUT2D eigenvalue weighted by molar-refractivity contribution is -0.136. The van der Waals surface area contributed by atoms with E-state index in [1.807, 2.05) is 6.07 Å². The summed E-state index contributed by atoms with van der Waals surface area (Å²) in [5.74, 6) is 4.45. The number of aromatic nitrogens is 1. The molecule has 3 heterocycles. The molecule has 2 aliphatic rings. The summed E-state index contributed by atoms with van der Waals surface area (Å²) < 4.78 is 0. The fourth-order valence-corrected chi connectivity index (χ4v) is 3.74. The highest BCUT2D eigenvalue weighted by molar-refractivity contribution is 6.05. The second-order valence-corrected chi connectivity index (χ2v) is 7.09. The zero-order valence-corrected chi connectivity index (χ0v) is 16.0. The van der Waals surface area contributed by atoms with E-state index in [0.29, 0.717) is 23.1 Å². The summed E-state index contributed by atoms with van der Waals surface area (Å²) in [5, 5.41) is 2.29. The Bertz CT molecular complexity index is 1150. The van der Waals surface area contributed by atoms with Crippen LogP contribution in [0.4, 0.5) is 0 Å². The van der Waals surface area contributed by atoms with Crippen LogP contribution in [0.2, 0.25) is 0 Å². The molecule has 0 spiro atoms. The van der Waals surface area contributed by atoms with E-state index in [1.165, 1.54) is 11.1 Å². The van der Waals surface area contributed by atoms with Crippen LogP contribution in [0.25, 0.3) is 0 Å². The topological polar surface area (TPSA) is 122 Å². The van der Waals surface area contributed by atoms with Crippen LogP contribution in [0.5, 0.6) is 0 Å². The predicted molar refractivity (Wildman–Crippen MR) is 106 cm³/mol. The molecule has 1 aromatic heterocycles. The van der Waals surface area contributed by atoms with Crippen LogP contribution in [0.1, 0.15) is 50.4 Å². The first-order valence-electron chi connectivity index (χ1n) is 9.45. The van der Waals surface area contributed by atoms with Gasteiger partial charge in [-0.25, -0.2) is 0 Å². The van der Waals surface area contributed by atoms with E-state index in [0.717, 1.165) is 5.56 Å². The van der Waals surface area contributed by atoms with Gasteiger partial charge in [-0.3, -0.25) is 29.5 Å². The number of hydrogen-bond acceptors (Lipinski definition) is 5. The highest BCUT2D eigenvalue weighted by atomic mass is 16.2. The van der Waals surface area contributed by atoms with Gasteiger partial charge in [-0.2, -0.15) is 0 Å². The lowest BCUT2D eigenvalue weighted by Gasteiger charge is -2.29. The van der Waals surface area contributed by atoms with Crippen molar-refractivity contribution in [1.29, 1.82) is 0 Å². The van der Waals surface area contributed by atoms with Crippen molar-refractivity contribution in [1.82, 2.24) is 15.2 Å². The largest absolute Gasteiger partial charge is 0.364 e. The molecule has 0 aliphatic carbocycles. The van der Waals surface area contributed by atoms with Crippen LogP contribution in [0.3, 0.4) is 0 Å². The van der Waals surface area contributed by atoms with Crippen molar-refractivity contribution >= 4 is 23.6 Å². The first-order chi connectivity index (χ1) is 14.5. The van der Waals surface area contributed by atoms with Gasteiger partial charge in [0.05, 0.1) is 0 Å². The van der Waals surface area contributed by atoms with Crippen molar-refractivity contribution in [2.75, 3.05) is 0 Å². The van der Waals surface area contributed by atoms with E-state index in [1.54, 1.807) is 24.3 Å². The number of fused-ring (bicyclic) bond motifs is 1. The molecule has 0 saturated carbocycles. The maximum atomic E-state index is 12.8. The van der Waals surface area contributed by atoms with Crippen molar-refractivity contribution in [3.63, 3.8) is 0 Å². The number of carbonyl (C=O) groups excluding carboxylic acids is 4. The molecule has 1 fully saturated rings.